The summed E-state index contributed by atoms with van der Waals surface area (Å²) in [4.78, 5) is 11.2. The second-order valence-corrected chi connectivity index (χ2v) is 2.96. The van der Waals surface area contributed by atoms with Crippen molar-refractivity contribution in [1.82, 2.24) is 5.32 Å². The Balaban J connectivity index is 2.53. The van der Waals surface area contributed by atoms with E-state index >= 15 is 0 Å². The molecule has 0 unspecified atom stereocenters. The Morgan fingerprint density at radius 3 is 2.81 bits per heavy atom. The number of halogens is 2. The summed E-state index contributed by atoms with van der Waals surface area (Å²) < 4.78 is 25.6. The summed E-state index contributed by atoms with van der Waals surface area (Å²) in [6.45, 7) is 0.297. The number of anilines is 1. The van der Waals surface area contributed by atoms with Crippen molar-refractivity contribution in [3.8, 4) is 12.3 Å². The summed E-state index contributed by atoms with van der Waals surface area (Å²) in [7, 11) is 0. The van der Waals surface area contributed by atoms with E-state index < -0.39 is 17.7 Å². The molecule has 0 fully saturated rings. The number of terminal acetylenes is 1. The molecule has 0 bridgehead atoms. The molecular weight excluding hydrogens is 214 g/mol. The van der Waals surface area contributed by atoms with Gasteiger partial charge in [0.05, 0.1) is 5.69 Å². The van der Waals surface area contributed by atoms with Gasteiger partial charge in [-0.25, -0.2) is 13.6 Å². The summed E-state index contributed by atoms with van der Waals surface area (Å²) in [5.74, 6) is 0.815. The largest absolute Gasteiger partial charge is 0.337 e. The highest BCUT2D eigenvalue weighted by molar-refractivity contribution is 5.89. The van der Waals surface area contributed by atoms with Gasteiger partial charge in [0.2, 0.25) is 0 Å². The molecule has 0 aromatic heterocycles. The first-order valence-electron chi connectivity index (χ1n) is 4.57. The maximum atomic E-state index is 13.1. The number of rotatable bonds is 3. The predicted molar refractivity (Wildman–Crippen MR) is 56.8 cm³/mol. The van der Waals surface area contributed by atoms with E-state index in [4.69, 9.17) is 6.42 Å². The molecule has 0 aliphatic carbocycles. The summed E-state index contributed by atoms with van der Waals surface area (Å²) in [5.41, 5.74) is -0.0837. The molecule has 0 spiro atoms. The van der Waals surface area contributed by atoms with Crippen molar-refractivity contribution < 1.29 is 13.6 Å². The molecule has 3 nitrogen and oxygen atoms in total. The van der Waals surface area contributed by atoms with Gasteiger partial charge >= 0.3 is 6.03 Å². The second-order valence-electron chi connectivity index (χ2n) is 2.96. The highest BCUT2D eigenvalue weighted by Crippen LogP contribution is 2.14. The third kappa shape index (κ3) is 3.58. The highest BCUT2D eigenvalue weighted by Gasteiger charge is 2.06. The van der Waals surface area contributed by atoms with Crippen molar-refractivity contribution in [3.05, 3.63) is 29.8 Å². The number of nitrogens with one attached hydrogen (secondary N) is 2. The summed E-state index contributed by atoms with van der Waals surface area (Å²) in [6.07, 6.45) is 5.37. The van der Waals surface area contributed by atoms with Crippen molar-refractivity contribution in [3.63, 3.8) is 0 Å². The monoisotopic (exact) mass is 224 g/mol. The van der Waals surface area contributed by atoms with E-state index in [1.54, 1.807) is 0 Å². The van der Waals surface area contributed by atoms with Gasteiger partial charge in [0, 0.05) is 19.0 Å². The van der Waals surface area contributed by atoms with E-state index in [1.165, 1.54) is 0 Å². The van der Waals surface area contributed by atoms with E-state index in [9.17, 15) is 13.6 Å². The van der Waals surface area contributed by atoms with Gasteiger partial charge in [0.1, 0.15) is 11.6 Å². The average molecular weight is 224 g/mol. The zero-order valence-electron chi connectivity index (χ0n) is 8.39. The van der Waals surface area contributed by atoms with Crippen LogP contribution in [0, 0.1) is 24.0 Å². The number of urea groups is 1. The Morgan fingerprint density at radius 2 is 2.19 bits per heavy atom. The molecule has 1 aromatic carbocycles. The van der Waals surface area contributed by atoms with Crippen molar-refractivity contribution in [1.29, 1.82) is 0 Å². The van der Waals surface area contributed by atoms with Gasteiger partial charge in [-0.05, 0) is 12.1 Å². The first-order chi connectivity index (χ1) is 7.63. The molecule has 16 heavy (non-hydrogen) atoms. The fraction of sp³-hybridized carbons (Fsp3) is 0.182. The van der Waals surface area contributed by atoms with Gasteiger partial charge in [0.25, 0.3) is 0 Å². The van der Waals surface area contributed by atoms with E-state index in [-0.39, 0.29) is 5.69 Å². The van der Waals surface area contributed by atoms with Gasteiger partial charge in [-0.15, -0.1) is 12.3 Å². The maximum absolute atomic E-state index is 13.1. The van der Waals surface area contributed by atoms with Gasteiger partial charge in [0.15, 0.2) is 0 Å². The maximum Gasteiger partial charge on any atom is 0.319 e. The van der Waals surface area contributed by atoms with Gasteiger partial charge < -0.3 is 10.6 Å². The fourth-order valence-electron chi connectivity index (χ4n) is 1.01. The lowest BCUT2D eigenvalue weighted by Gasteiger charge is -2.07. The predicted octanol–water partition coefficient (Wildman–Crippen LogP) is 2.11. The van der Waals surface area contributed by atoms with Crippen LogP contribution in [-0.4, -0.2) is 12.6 Å². The standard InChI is InChI=1S/C11H10F2N2O/c1-2-3-6-14-11(16)15-10-5-4-8(12)7-9(10)13/h1,4-5,7H,3,6H2,(H2,14,15,16). The van der Waals surface area contributed by atoms with Crippen LogP contribution in [0.2, 0.25) is 0 Å². The Hall–Kier alpha value is -2.09. The molecule has 1 aromatic rings. The SMILES string of the molecule is C#CCCNC(=O)Nc1ccc(F)cc1F. The quantitative estimate of drug-likeness (QED) is 0.599. The van der Waals surface area contributed by atoms with Crippen molar-refractivity contribution in [2.24, 2.45) is 0 Å². The molecule has 1 rings (SSSR count). The normalized spacial score (nSPS) is 9.31. The van der Waals surface area contributed by atoms with Gasteiger partial charge in [-0.3, -0.25) is 0 Å². The van der Waals surface area contributed by atoms with Crippen LogP contribution in [0.3, 0.4) is 0 Å². The Kier molecular flexibility index (Phi) is 4.28. The number of hydrogen-bond donors (Lipinski definition) is 2. The summed E-state index contributed by atoms with van der Waals surface area (Å²) in [6, 6.07) is 2.31. The van der Waals surface area contributed by atoms with E-state index in [0.717, 1.165) is 12.1 Å². The average Bonchev–Trinajstić information content (AvgIpc) is 2.23. The van der Waals surface area contributed by atoms with Crippen LogP contribution in [-0.2, 0) is 0 Å². The summed E-state index contributed by atoms with van der Waals surface area (Å²) >= 11 is 0. The van der Waals surface area contributed by atoms with E-state index in [1.807, 2.05) is 0 Å². The lowest BCUT2D eigenvalue weighted by Crippen LogP contribution is -2.29. The van der Waals surface area contributed by atoms with Crippen LogP contribution < -0.4 is 10.6 Å². The van der Waals surface area contributed by atoms with Crippen LogP contribution in [0.25, 0.3) is 0 Å². The van der Waals surface area contributed by atoms with E-state index in [0.29, 0.717) is 19.0 Å². The smallest absolute Gasteiger partial charge is 0.319 e. The Morgan fingerprint density at radius 1 is 1.44 bits per heavy atom. The topological polar surface area (TPSA) is 41.1 Å². The van der Waals surface area contributed by atoms with Crippen LogP contribution in [0.1, 0.15) is 6.42 Å². The molecule has 0 aliphatic rings. The van der Waals surface area contributed by atoms with Crippen LogP contribution in [0.15, 0.2) is 18.2 Å². The highest BCUT2D eigenvalue weighted by atomic mass is 19.1. The molecule has 0 saturated heterocycles. The first kappa shape index (κ1) is 12.0. The number of benzene rings is 1. The third-order valence-electron chi connectivity index (χ3n) is 1.73. The minimum absolute atomic E-state index is 0.0837. The second kappa shape index (κ2) is 5.71. The molecule has 0 radical (unpaired) electrons. The minimum Gasteiger partial charge on any atom is -0.337 e. The van der Waals surface area contributed by atoms with E-state index in [2.05, 4.69) is 16.6 Å². The minimum atomic E-state index is -0.827. The zero-order valence-corrected chi connectivity index (χ0v) is 8.39. The third-order valence-corrected chi connectivity index (χ3v) is 1.73. The molecule has 0 saturated carbocycles. The number of carbonyl (C=O) groups excluding carboxylic acids is 1. The molecule has 5 heteroatoms. The number of hydrogen-bond acceptors (Lipinski definition) is 1. The Labute approximate surface area is 91.8 Å². The molecule has 0 aliphatic heterocycles. The molecule has 0 heterocycles. The van der Waals surface area contributed by atoms with Gasteiger partial charge in [-0.1, -0.05) is 0 Å². The molecule has 84 valence electrons. The van der Waals surface area contributed by atoms with Crippen molar-refractivity contribution in [2.75, 3.05) is 11.9 Å². The van der Waals surface area contributed by atoms with Crippen LogP contribution in [0.4, 0.5) is 19.3 Å². The van der Waals surface area contributed by atoms with Crippen molar-refractivity contribution in [2.45, 2.75) is 6.42 Å². The van der Waals surface area contributed by atoms with Gasteiger partial charge in [-0.2, -0.15) is 0 Å². The van der Waals surface area contributed by atoms with Crippen LogP contribution >= 0.6 is 0 Å². The molecule has 2 amide bonds. The fourth-order valence-corrected chi connectivity index (χ4v) is 1.01. The molecule has 2 N–H and O–H groups in total. The number of carbonyl (C=O) groups is 1. The number of amides is 2. The first-order valence-corrected chi connectivity index (χ1v) is 4.57. The van der Waals surface area contributed by atoms with Crippen molar-refractivity contribution >= 4 is 11.7 Å². The van der Waals surface area contributed by atoms with Crippen LogP contribution in [0.5, 0.6) is 0 Å². The molecular formula is C11H10F2N2O. The lowest BCUT2D eigenvalue weighted by atomic mass is 10.3. The zero-order chi connectivity index (χ0) is 12.0. The molecule has 0 atom stereocenters. The Bertz CT molecular complexity index is 426. The lowest BCUT2D eigenvalue weighted by molar-refractivity contribution is 0.252. The summed E-state index contributed by atoms with van der Waals surface area (Å²) in [5, 5.41) is 4.66.